The molecule has 2 N–H and O–H groups in total. The van der Waals surface area contributed by atoms with Crippen LogP contribution in [0.15, 0.2) is 22.7 Å². The van der Waals surface area contributed by atoms with Crippen LogP contribution in [0.25, 0.3) is 0 Å². The molecule has 0 fully saturated rings. The number of rotatable bonds is 4. The van der Waals surface area contributed by atoms with Crippen LogP contribution in [0.2, 0.25) is 0 Å². The lowest BCUT2D eigenvalue weighted by Crippen LogP contribution is -2.47. The van der Waals surface area contributed by atoms with E-state index in [1.54, 1.807) is 7.11 Å². The average Bonchev–Trinajstić information content (AvgIpc) is 2.27. The van der Waals surface area contributed by atoms with Gasteiger partial charge in [0.05, 0.1) is 12.8 Å². The summed E-state index contributed by atoms with van der Waals surface area (Å²) in [6.45, 7) is 7.69. The summed E-state index contributed by atoms with van der Waals surface area (Å²) < 4.78 is 6.20. The number of carbonyl (C=O) groups is 1. The molecular weight excluding hydrogens is 308 g/mol. The van der Waals surface area contributed by atoms with E-state index in [0.29, 0.717) is 5.75 Å². The molecule has 0 saturated heterocycles. The van der Waals surface area contributed by atoms with Gasteiger partial charge in [-0.1, -0.05) is 15.9 Å². The lowest BCUT2D eigenvalue weighted by atomic mass is 10.1. The smallest absolute Gasteiger partial charge is 0.242 e. The number of hydrogen-bond donors (Lipinski definition) is 2. The maximum absolute atomic E-state index is 12.0. The first-order valence-electron chi connectivity index (χ1n) is 6.15. The molecule has 0 spiro atoms. The van der Waals surface area contributed by atoms with Gasteiger partial charge in [-0.3, -0.25) is 4.79 Å². The Morgan fingerprint density at radius 1 is 1.37 bits per heavy atom. The molecule has 0 radical (unpaired) electrons. The summed E-state index contributed by atoms with van der Waals surface area (Å²) in [6, 6.07) is 5.28. The molecule has 1 unspecified atom stereocenters. The van der Waals surface area contributed by atoms with Crippen molar-refractivity contribution in [1.82, 2.24) is 5.32 Å². The van der Waals surface area contributed by atoms with Gasteiger partial charge in [-0.05, 0) is 45.9 Å². The van der Waals surface area contributed by atoms with Gasteiger partial charge in [0.15, 0.2) is 0 Å². The lowest BCUT2D eigenvalue weighted by Gasteiger charge is -2.24. The number of anilines is 1. The molecule has 1 atom stereocenters. The van der Waals surface area contributed by atoms with Crippen LogP contribution in [0.1, 0.15) is 27.7 Å². The number of ether oxygens (including phenoxy) is 1. The van der Waals surface area contributed by atoms with Crippen molar-refractivity contribution in [3.8, 4) is 5.75 Å². The summed E-state index contributed by atoms with van der Waals surface area (Å²) in [5.41, 5.74) is 0.544. The first-order chi connectivity index (χ1) is 8.73. The van der Waals surface area contributed by atoms with Gasteiger partial charge in [0, 0.05) is 10.0 Å². The van der Waals surface area contributed by atoms with Gasteiger partial charge >= 0.3 is 0 Å². The topological polar surface area (TPSA) is 50.4 Å². The third-order valence-corrected chi connectivity index (χ3v) is 2.92. The van der Waals surface area contributed by atoms with E-state index < -0.39 is 0 Å². The molecule has 5 heteroatoms. The average molecular weight is 329 g/mol. The lowest BCUT2D eigenvalue weighted by molar-refractivity contribution is -0.122. The number of benzene rings is 1. The van der Waals surface area contributed by atoms with E-state index in [-0.39, 0.29) is 17.5 Å². The zero-order chi connectivity index (χ0) is 14.6. The standard InChI is InChI=1S/C14H21BrN2O2/c1-9(13(18)17-14(2,3)4)16-11-8-10(15)6-7-12(11)19-5/h6-9,16H,1-5H3,(H,17,18). The van der Waals surface area contributed by atoms with Crippen LogP contribution in [0.5, 0.6) is 5.75 Å². The summed E-state index contributed by atoms with van der Waals surface area (Å²) >= 11 is 3.41. The van der Waals surface area contributed by atoms with Crippen LogP contribution in [0, 0.1) is 0 Å². The first kappa shape index (κ1) is 15.8. The largest absolute Gasteiger partial charge is 0.495 e. The molecule has 0 bridgehead atoms. The Labute approximate surface area is 123 Å². The van der Waals surface area contributed by atoms with Crippen LogP contribution < -0.4 is 15.4 Å². The zero-order valence-electron chi connectivity index (χ0n) is 12.0. The predicted octanol–water partition coefficient (Wildman–Crippen LogP) is 3.17. The van der Waals surface area contributed by atoms with Gasteiger partial charge in [-0.15, -0.1) is 0 Å². The molecule has 0 heterocycles. The number of carbonyl (C=O) groups excluding carboxylic acids is 1. The van der Waals surface area contributed by atoms with E-state index in [2.05, 4.69) is 26.6 Å². The Hall–Kier alpha value is -1.23. The highest BCUT2D eigenvalue weighted by Crippen LogP contribution is 2.28. The normalized spacial score (nSPS) is 12.7. The van der Waals surface area contributed by atoms with E-state index in [0.717, 1.165) is 10.2 Å². The molecule has 106 valence electrons. The summed E-state index contributed by atoms with van der Waals surface area (Å²) in [7, 11) is 1.61. The predicted molar refractivity (Wildman–Crippen MR) is 81.7 cm³/mol. The second kappa shape index (κ2) is 6.28. The van der Waals surface area contributed by atoms with Gasteiger partial charge in [-0.2, -0.15) is 0 Å². The minimum Gasteiger partial charge on any atom is -0.495 e. The van der Waals surface area contributed by atoms with Gasteiger partial charge in [0.25, 0.3) is 0 Å². The maximum atomic E-state index is 12.0. The fourth-order valence-corrected chi connectivity index (χ4v) is 1.93. The van der Waals surface area contributed by atoms with Crippen molar-refractivity contribution >= 4 is 27.5 Å². The monoisotopic (exact) mass is 328 g/mol. The Morgan fingerprint density at radius 2 is 2.00 bits per heavy atom. The molecule has 0 aliphatic heterocycles. The van der Waals surface area contributed by atoms with Crippen molar-refractivity contribution < 1.29 is 9.53 Å². The number of nitrogens with one attached hydrogen (secondary N) is 2. The molecular formula is C14H21BrN2O2. The van der Waals surface area contributed by atoms with E-state index in [1.165, 1.54) is 0 Å². The van der Waals surface area contributed by atoms with Crippen LogP contribution >= 0.6 is 15.9 Å². The summed E-state index contributed by atoms with van der Waals surface area (Å²) in [6.07, 6.45) is 0. The van der Waals surface area contributed by atoms with Gasteiger partial charge in [0.2, 0.25) is 5.91 Å². The highest BCUT2D eigenvalue weighted by atomic mass is 79.9. The molecule has 19 heavy (non-hydrogen) atoms. The minimum atomic E-state index is -0.345. The summed E-state index contributed by atoms with van der Waals surface area (Å²) in [5.74, 6) is 0.660. The highest BCUT2D eigenvalue weighted by molar-refractivity contribution is 9.10. The molecule has 0 aromatic heterocycles. The molecule has 1 aromatic carbocycles. The molecule has 0 aliphatic carbocycles. The molecule has 1 amide bonds. The number of halogens is 1. The fraction of sp³-hybridized carbons (Fsp3) is 0.500. The Morgan fingerprint density at radius 3 is 2.53 bits per heavy atom. The summed E-state index contributed by atoms with van der Waals surface area (Å²) in [4.78, 5) is 12.0. The number of methoxy groups -OCH3 is 1. The van der Waals surface area contributed by atoms with E-state index in [9.17, 15) is 4.79 Å². The van der Waals surface area contributed by atoms with E-state index in [4.69, 9.17) is 4.74 Å². The Balaban J connectivity index is 2.79. The van der Waals surface area contributed by atoms with Crippen molar-refractivity contribution in [1.29, 1.82) is 0 Å². The maximum Gasteiger partial charge on any atom is 0.242 e. The van der Waals surface area contributed by atoms with Crippen LogP contribution in [-0.2, 0) is 4.79 Å². The van der Waals surface area contributed by atoms with Crippen molar-refractivity contribution in [2.24, 2.45) is 0 Å². The first-order valence-corrected chi connectivity index (χ1v) is 6.94. The third-order valence-electron chi connectivity index (χ3n) is 2.43. The quantitative estimate of drug-likeness (QED) is 0.892. The Kier molecular flexibility index (Phi) is 5.23. The summed E-state index contributed by atoms with van der Waals surface area (Å²) in [5, 5.41) is 6.09. The third kappa shape index (κ3) is 5.11. The van der Waals surface area contributed by atoms with Crippen molar-refractivity contribution in [2.75, 3.05) is 12.4 Å². The number of amides is 1. The SMILES string of the molecule is COc1ccc(Br)cc1NC(C)C(=O)NC(C)(C)C. The van der Waals surface area contributed by atoms with Crippen LogP contribution in [0.4, 0.5) is 5.69 Å². The molecule has 0 aliphatic rings. The molecule has 1 aromatic rings. The molecule has 4 nitrogen and oxygen atoms in total. The minimum absolute atomic E-state index is 0.0467. The van der Waals surface area contributed by atoms with Gasteiger partial charge in [-0.25, -0.2) is 0 Å². The van der Waals surface area contributed by atoms with Crippen LogP contribution in [-0.4, -0.2) is 24.6 Å². The van der Waals surface area contributed by atoms with E-state index >= 15 is 0 Å². The van der Waals surface area contributed by atoms with Crippen molar-refractivity contribution in [3.05, 3.63) is 22.7 Å². The Bertz CT molecular complexity index is 455. The van der Waals surface area contributed by atoms with Crippen molar-refractivity contribution in [2.45, 2.75) is 39.3 Å². The van der Waals surface area contributed by atoms with Crippen LogP contribution in [0.3, 0.4) is 0 Å². The highest BCUT2D eigenvalue weighted by Gasteiger charge is 2.20. The van der Waals surface area contributed by atoms with Gasteiger partial charge < -0.3 is 15.4 Å². The van der Waals surface area contributed by atoms with E-state index in [1.807, 2.05) is 45.9 Å². The molecule has 1 rings (SSSR count). The second-order valence-corrected chi connectivity index (χ2v) is 6.37. The fourth-order valence-electron chi connectivity index (χ4n) is 1.57. The van der Waals surface area contributed by atoms with Crippen molar-refractivity contribution in [3.63, 3.8) is 0 Å². The zero-order valence-corrected chi connectivity index (χ0v) is 13.6. The van der Waals surface area contributed by atoms with Gasteiger partial charge in [0.1, 0.15) is 11.8 Å². The number of hydrogen-bond acceptors (Lipinski definition) is 3. The second-order valence-electron chi connectivity index (χ2n) is 5.45. The molecule has 0 saturated carbocycles.